The molecule has 6 nitrogen and oxygen atoms in total. The first-order valence-electron chi connectivity index (χ1n) is 19.3. The number of hydrogen-bond donors (Lipinski definition) is 0. The number of nitrogens with zero attached hydrogens (tertiary/aromatic N) is 6. The van der Waals surface area contributed by atoms with Crippen LogP contribution in [0.2, 0.25) is 0 Å². The molecule has 0 amide bonds. The summed E-state index contributed by atoms with van der Waals surface area (Å²) in [4.78, 5) is 15.2. The van der Waals surface area contributed by atoms with Crippen LogP contribution in [0.25, 0.3) is 100 Å². The molecule has 6 heteroatoms. The number of fused-ring (bicyclic) bond motifs is 6. The van der Waals surface area contributed by atoms with Gasteiger partial charge in [-0.2, -0.15) is 5.26 Å². The first-order valence-corrected chi connectivity index (χ1v) is 19.3. The number of aromatic nitrogens is 5. The fraction of sp³-hybridized carbons (Fsp3) is 0. The van der Waals surface area contributed by atoms with Crippen molar-refractivity contribution in [3.05, 3.63) is 200 Å². The van der Waals surface area contributed by atoms with Crippen molar-refractivity contribution in [1.29, 1.82) is 5.26 Å². The van der Waals surface area contributed by atoms with Crippen LogP contribution >= 0.6 is 0 Å². The minimum atomic E-state index is 0.560. The van der Waals surface area contributed by atoms with E-state index in [1.165, 1.54) is 5.39 Å². The molecule has 58 heavy (non-hydrogen) atoms. The van der Waals surface area contributed by atoms with E-state index in [1.54, 1.807) is 0 Å². The molecule has 0 N–H and O–H groups in total. The number of rotatable bonds is 6. The average molecular weight is 741 g/mol. The van der Waals surface area contributed by atoms with Crippen molar-refractivity contribution in [2.75, 3.05) is 0 Å². The second-order valence-electron chi connectivity index (χ2n) is 14.3. The topological polar surface area (TPSA) is 72.3 Å². The zero-order chi connectivity index (χ0) is 38.6. The van der Waals surface area contributed by atoms with E-state index in [9.17, 15) is 5.26 Å². The van der Waals surface area contributed by atoms with Crippen LogP contribution in [0.1, 0.15) is 5.56 Å². The van der Waals surface area contributed by atoms with E-state index in [0.717, 1.165) is 77.4 Å². The summed E-state index contributed by atoms with van der Waals surface area (Å²) >= 11 is 0. The SMILES string of the molecule is N#Cc1cccc2c1c1c(-c3cccc4c3c3ccccc3n4-c3ccccc3)cccc1n2-c1ccccc1-c1nc(-c2ccccc2)nc(-c2ccccc2)n1. The van der Waals surface area contributed by atoms with Gasteiger partial charge in [-0.1, -0.05) is 140 Å². The summed E-state index contributed by atoms with van der Waals surface area (Å²) in [5.74, 6) is 1.75. The highest BCUT2D eigenvalue weighted by atomic mass is 15.1. The Morgan fingerprint density at radius 1 is 0.362 bits per heavy atom. The van der Waals surface area contributed by atoms with Crippen LogP contribution < -0.4 is 0 Å². The minimum absolute atomic E-state index is 0.560. The van der Waals surface area contributed by atoms with Gasteiger partial charge in [0.2, 0.25) is 0 Å². The fourth-order valence-corrected chi connectivity index (χ4v) is 8.57. The Balaban J connectivity index is 1.21. The van der Waals surface area contributed by atoms with Gasteiger partial charge in [0.25, 0.3) is 0 Å². The Hall–Kier alpha value is -8.14. The molecule has 11 aromatic rings. The third-order valence-corrected chi connectivity index (χ3v) is 11.0. The van der Waals surface area contributed by atoms with Crippen molar-refractivity contribution in [3.8, 4) is 62.7 Å². The van der Waals surface area contributed by atoms with Gasteiger partial charge in [0.1, 0.15) is 0 Å². The predicted octanol–water partition coefficient (Wildman–Crippen LogP) is 12.6. The largest absolute Gasteiger partial charge is 0.309 e. The number of nitriles is 1. The van der Waals surface area contributed by atoms with Crippen LogP contribution in [-0.4, -0.2) is 24.1 Å². The summed E-state index contributed by atoms with van der Waals surface area (Å²) in [7, 11) is 0. The lowest BCUT2D eigenvalue weighted by Gasteiger charge is -2.15. The third kappa shape index (κ3) is 5.22. The monoisotopic (exact) mass is 740 g/mol. The van der Waals surface area contributed by atoms with Crippen molar-refractivity contribution in [3.63, 3.8) is 0 Å². The maximum Gasteiger partial charge on any atom is 0.166 e. The molecular weight excluding hydrogens is 709 g/mol. The zero-order valence-corrected chi connectivity index (χ0v) is 31.2. The summed E-state index contributed by atoms with van der Waals surface area (Å²) < 4.78 is 4.61. The first-order chi connectivity index (χ1) is 28.8. The van der Waals surface area contributed by atoms with Gasteiger partial charge in [-0.25, -0.2) is 15.0 Å². The summed E-state index contributed by atoms with van der Waals surface area (Å²) in [6.45, 7) is 0. The molecule has 0 bridgehead atoms. The molecule has 3 aromatic heterocycles. The van der Waals surface area contributed by atoms with Crippen molar-refractivity contribution >= 4 is 43.6 Å². The molecule has 0 aliphatic carbocycles. The molecule has 0 unspecified atom stereocenters. The molecule has 0 radical (unpaired) electrons. The Labute approximate surface area is 334 Å². The lowest BCUT2D eigenvalue weighted by atomic mass is 9.94. The van der Waals surface area contributed by atoms with E-state index >= 15 is 0 Å². The van der Waals surface area contributed by atoms with Gasteiger partial charge < -0.3 is 9.13 Å². The van der Waals surface area contributed by atoms with E-state index in [2.05, 4.69) is 124 Å². The Bertz CT molecular complexity index is 3340. The molecule has 3 heterocycles. The number of benzene rings is 8. The fourth-order valence-electron chi connectivity index (χ4n) is 8.57. The molecule has 8 aromatic carbocycles. The minimum Gasteiger partial charge on any atom is -0.309 e. The Kier molecular flexibility index (Phi) is 7.76. The van der Waals surface area contributed by atoms with Crippen LogP contribution in [0.15, 0.2) is 194 Å². The molecular formula is C52H32N6. The maximum absolute atomic E-state index is 10.7. The Morgan fingerprint density at radius 2 is 0.845 bits per heavy atom. The van der Waals surface area contributed by atoms with Gasteiger partial charge in [0.15, 0.2) is 17.5 Å². The van der Waals surface area contributed by atoms with Crippen LogP contribution in [0.4, 0.5) is 0 Å². The molecule has 0 saturated carbocycles. The van der Waals surface area contributed by atoms with Crippen LogP contribution in [-0.2, 0) is 0 Å². The molecule has 0 atom stereocenters. The van der Waals surface area contributed by atoms with Gasteiger partial charge in [0, 0.05) is 43.9 Å². The van der Waals surface area contributed by atoms with E-state index in [0.29, 0.717) is 23.0 Å². The van der Waals surface area contributed by atoms with Gasteiger partial charge in [-0.15, -0.1) is 0 Å². The van der Waals surface area contributed by atoms with Crippen molar-refractivity contribution in [2.24, 2.45) is 0 Å². The highest BCUT2D eigenvalue weighted by Crippen LogP contribution is 2.45. The molecule has 0 aliphatic heterocycles. The van der Waals surface area contributed by atoms with Crippen molar-refractivity contribution in [1.82, 2.24) is 24.1 Å². The third-order valence-electron chi connectivity index (χ3n) is 11.0. The van der Waals surface area contributed by atoms with Gasteiger partial charge in [-0.05, 0) is 65.7 Å². The van der Waals surface area contributed by atoms with E-state index in [-0.39, 0.29) is 0 Å². The van der Waals surface area contributed by atoms with Gasteiger partial charge in [-0.3, -0.25) is 0 Å². The highest BCUT2D eigenvalue weighted by molar-refractivity contribution is 6.23. The summed E-state index contributed by atoms with van der Waals surface area (Å²) in [5.41, 5.74) is 11.6. The summed E-state index contributed by atoms with van der Waals surface area (Å²) in [6.07, 6.45) is 0. The number of hydrogen-bond acceptors (Lipinski definition) is 4. The molecule has 270 valence electrons. The maximum atomic E-state index is 10.7. The smallest absolute Gasteiger partial charge is 0.166 e. The molecule has 0 spiro atoms. The number of para-hydroxylation sites is 3. The second-order valence-corrected chi connectivity index (χ2v) is 14.3. The molecule has 0 fully saturated rings. The average Bonchev–Trinajstić information content (AvgIpc) is 3.83. The van der Waals surface area contributed by atoms with Crippen LogP contribution in [0, 0.1) is 11.3 Å². The molecule has 0 aliphatic rings. The van der Waals surface area contributed by atoms with Crippen LogP contribution in [0.5, 0.6) is 0 Å². The zero-order valence-electron chi connectivity index (χ0n) is 31.2. The van der Waals surface area contributed by atoms with Crippen molar-refractivity contribution < 1.29 is 0 Å². The lowest BCUT2D eigenvalue weighted by molar-refractivity contribution is 1.06. The van der Waals surface area contributed by atoms with Gasteiger partial charge >= 0.3 is 0 Å². The summed E-state index contributed by atoms with van der Waals surface area (Å²) in [5, 5.41) is 14.9. The van der Waals surface area contributed by atoms with E-state index in [4.69, 9.17) is 15.0 Å². The second kappa shape index (κ2) is 13.6. The molecule has 11 rings (SSSR count). The Morgan fingerprint density at radius 3 is 1.52 bits per heavy atom. The first kappa shape index (κ1) is 33.2. The predicted molar refractivity (Wildman–Crippen MR) is 235 cm³/mol. The lowest BCUT2D eigenvalue weighted by Crippen LogP contribution is -2.03. The standard InChI is InChI=1S/C52H32N6/c53-33-36-21-14-30-44-47(36)49-39(38-26-15-31-45-48(38)40-24-10-12-28-42(40)57(45)37-22-8-3-9-23-37)27-16-32-46(49)58(44)43-29-13-11-25-41(43)52-55-50(34-17-4-1-5-18-34)54-51(56-52)35-19-6-2-7-20-35/h1-32H. The molecule has 0 saturated heterocycles. The highest BCUT2D eigenvalue weighted by Gasteiger charge is 2.24. The quantitative estimate of drug-likeness (QED) is 0.170. The van der Waals surface area contributed by atoms with Crippen LogP contribution in [0.3, 0.4) is 0 Å². The van der Waals surface area contributed by atoms with E-state index < -0.39 is 0 Å². The normalized spacial score (nSPS) is 11.4. The van der Waals surface area contributed by atoms with Crippen molar-refractivity contribution in [2.45, 2.75) is 0 Å². The van der Waals surface area contributed by atoms with Gasteiger partial charge in [0.05, 0.1) is 39.4 Å². The summed E-state index contributed by atoms with van der Waals surface area (Å²) in [6, 6.07) is 69.0. The van der Waals surface area contributed by atoms with E-state index in [1.807, 2.05) is 84.9 Å².